The number of hydrogen-bond donors (Lipinski definition) is 0. The number of carbonyl (C=O) groups excluding carboxylic acids is 1. The van der Waals surface area contributed by atoms with E-state index in [-0.39, 0.29) is 11.4 Å². The average Bonchev–Trinajstić information content (AvgIpc) is 3.14. The maximum absolute atomic E-state index is 10.8. The van der Waals surface area contributed by atoms with Crippen molar-refractivity contribution < 1.29 is 9.53 Å². The van der Waals surface area contributed by atoms with Crippen LogP contribution in [0.1, 0.15) is 82.2 Å². The molecule has 27 heavy (non-hydrogen) atoms. The Morgan fingerprint density at radius 3 is 1.52 bits per heavy atom. The van der Waals surface area contributed by atoms with E-state index in [1.54, 1.807) is 16.0 Å². The summed E-state index contributed by atoms with van der Waals surface area (Å²) < 4.78 is 4.77. The number of ether oxygens (including phenoxy) is 1. The highest BCUT2D eigenvalue weighted by Gasteiger charge is 2.31. The summed E-state index contributed by atoms with van der Waals surface area (Å²) >= 11 is 0. The number of hydrogen-bond acceptors (Lipinski definition) is 2. The summed E-state index contributed by atoms with van der Waals surface area (Å²) in [6, 6.07) is 0. The van der Waals surface area contributed by atoms with Crippen molar-refractivity contribution in [2.75, 3.05) is 18.1 Å². The van der Waals surface area contributed by atoms with E-state index in [0.717, 1.165) is 0 Å². The molecule has 1 heterocycles. The minimum Gasteiger partial charge on any atom is -0.466 e. The second kappa shape index (κ2) is 11.8. The zero-order chi connectivity index (χ0) is 21.4. The highest BCUT2D eigenvalue weighted by atomic mass is 32.2. The predicted molar refractivity (Wildman–Crippen MR) is 122 cm³/mol. The minimum absolute atomic E-state index is 0.134. The van der Waals surface area contributed by atoms with Crippen molar-refractivity contribution in [1.82, 2.24) is 0 Å². The van der Waals surface area contributed by atoms with Gasteiger partial charge in [-0.15, -0.1) is 0 Å². The van der Waals surface area contributed by atoms with Gasteiger partial charge in [0.1, 0.15) is 11.5 Å². The maximum Gasteiger partial charge on any atom is 0.311 e. The zero-order valence-corrected chi connectivity index (χ0v) is 20.6. The van der Waals surface area contributed by atoms with Gasteiger partial charge in [0.25, 0.3) is 0 Å². The Labute approximate surface area is 171 Å². The monoisotopic (exact) mass is 395 g/mol. The molecule has 1 aromatic rings. The summed E-state index contributed by atoms with van der Waals surface area (Å²) in [5.41, 5.74) is 7.35. The summed E-state index contributed by atoms with van der Waals surface area (Å²) in [4.78, 5) is 12.5. The van der Waals surface area contributed by atoms with Crippen LogP contribution in [0, 0.1) is 40.0 Å². The fourth-order valence-corrected chi connectivity index (χ4v) is 5.99. The van der Waals surface area contributed by atoms with E-state index in [0.29, 0.717) is 17.5 Å². The van der Waals surface area contributed by atoms with Crippen LogP contribution in [-0.2, 0) is 20.4 Å². The summed E-state index contributed by atoms with van der Waals surface area (Å²) in [6.07, 6.45) is 2.88. The van der Waals surface area contributed by atoms with E-state index in [1.165, 1.54) is 41.0 Å². The van der Waals surface area contributed by atoms with Crippen LogP contribution in [0.25, 0.3) is 0 Å². The molecule has 2 nitrogen and oxygen atoms in total. The van der Waals surface area contributed by atoms with Gasteiger partial charge in [0.05, 0.1) is 12.0 Å². The fourth-order valence-electron chi connectivity index (χ4n) is 3.10. The SMILES string of the molecule is CC.CCOC(=O)C(C)(C)C.Cc1c(C)c(C)c([S+]2CCCC2)c(C)c1C. The van der Waals surface area contributed by atoms with E-state index in [9.17, 15) is 4.79 Å². The molecule has 0 atom stereocenters. The Bertz CT molecular complexity index is 577. The third kappa shape index (κ3) is 7.18. The fraction of sp³-hybridized carbons (Fsp3) is 0.708. The van der Waals surface area contributed by atoms with Crippen molar-refractivity contribution in [2.45, 2.75) is 93.9 Å². The second-order valence-corrected chi connectivity index (χ2v) is 10.2. The second-order valence-electron chi connectivity index (χ2n) is 8.03. The van der Waals surface area contributed by atoms with Gasteiger partial charge in [0, 0.05) is 22.0 Å². The van der Waals surface area contributed by atoms with Gasteiger partial charge in [-0.3, -0.25) is 4.79 Å². The first-order chi connectivity index (χ1) is 12.5. The Kier molecular flexibility index (Phi) is 11.4. The molecule has 1 saturated heterocycles. The predicted octanol–water partition coefficient (Wildman–Crippen LogP) is 6.62. The topological polar surface area (TPSA) is 26.3 Å². The molecule has 1 fully saturated rings. The van der Waals surface area contributed by atoms with Gasteiger partial charge >= 0.3 is 5.97 Å². The summed E-state index contributed by atoms with van der Waals surface area (Å²) in [5.74, 6) is 2.73. The number of carbonyl (C=O) groups is 1. The standard InChI is InChI=1S/C15H23S.C7H14O2.C2H6/c1-10-11(2)13(4)15(14(5)12(10)3)16-8-6-7-9-16;1-5-9-6(8)7(2,3)4;1-2/h6-9H2,1-5H3;5H2,1-4H3;1-2H3/q+1;;. The molecule has 0 amide bonds. The Hall–Kier alpha value is -0.960. The van der Waals surface area contributed by atoms with E-state index >= 15 is 0 Å². The van der Waals surface area contributed by atoms with Crippen molar-refractivity contribution >= 4 is 16.9 Å². The van der Waals surface area contributed by atoms with E-state index in [1.807, 2.05) is 41.5 Å². The number of benzene rings is 1. The molecule has 0 unspecified atom stereocenters. The van der Waals surface area contributed by atoms with Crippen molar-refractivity contribution in [3.63, 3.8) is 0 Å². The molecular formula is C24H43O2S+. The lowest BCUT2D eigenvalue weighted by molar-refractivity contribution is -0.152. The molecule has 2 rings (SSSR count). The molecule has 0 bridgehead atoms. The van der Waals surface area contributed by atoms with Gasteiger partial charge in [0.2, 0.25) is 0 Å². The molecule has 1 aromatic carbocycles. The zero-order valence-electron chi connectivity index (χ0n) is 19.8. The lowest BCUT2D eigenvalue weighted by Crippen LogP contribution is -2.22. The molecule has 0 radical (unpaired) electrons. The molecule has 0 aromatic heterocycles. The van der Waals surface area contributed by atoms with Crippen LogP contribution in [0.4, 0.5) is 0 Å². The molecule has 1 aliphatic rings. The molecule has 0 aliphatic carbocycles. The lowest BCUT2D eigenvalue weighted by Gasteiger charge is -2.16. The van der Waals surface area contributed by atoms with Crippen LogP contribution in [-0.4, -0.2) is 24.1 Å². The molecule has 156 valence electrons. The smallest absolute Gasteiger partial charge is 0.311 e. The van der Waals surface area contributed by atoms with Crippen molar-refractivity contribution in [3.8, 4) is 0 Å². The quantitative estimate of drug-likeness (QED) is 0.415. The lowest BCUT2D eigenvalue weighted by atomic mass is 9.95. The number of rotatable bonds is 2. The van der Waals surface area contributed by atoms with Crippen LogP contribution < -0.4 is 0 Å². The van der Waals surface area contributed by atoms with Crippen LogP contribution in [0.2, 0.25) is 0 Å². The highest BCUT2D eigenvalue weighted by Crippen LogP contribution is 2.34. The molecule has 0 spiro atoms. The molecular weight excluding hydrogens is 352 g/mol. The first-order valence-electron chi connectivity index (χ1n) is 10.4. The van der Waals surface area contributed by atoms with Crippen molar-refractivity contribution in [1.29, 1.82) is 0 Å². The molecule has 0 saturated carbocycles. The van der Waals surface area contributed by atoms with Crippen molar-refractivity contribution in [2.24, 2.45) is 5.41 Å². The van der Waals surface area contributed by atoms with Gasteiger partial charge in [-0.2, -0.15) is 0 Å². The first-order valence-corrected chi connectivity index (χ1v) is 12.0. The third-order valence-electron chi connectivity index (χ3n) is 5.14. The average molecular weight is 396 g/mol. The highest BCUT2D eigenvalue weighted by molar-refractivity contribution is 7.97. The summed E-state index contributed by atoms with van der Waals surface area (Å²) in [5, 5.41) is 0. The normalized spacial score (nSPS) is 14.0. The third-order valence-corrected chi connectivity index (χ3v) is 7.89. The van der Waals surface area contributed by atoms with Crippen LogP contribution >= 0.6 is 0 Å². The molecule has 3 heteroatoms. The van der Waals surface area contributed by atoms with E-state index in [2.05, 4.69) is 34.6 Å². The van der Waals surface area contributed by atoms with Crippen LogP contribution in [0.15, 0.2) is 4.90 Å². The van der Waals surface area contributed by atoms with E-state index < -0.39 is 0 Å². The van der Waals surface area contributed by atoms with Gasteiger partial charge < -0.3 is 4.74 Å². The van der Waals surface area contributed by atoms with Crippen LogP contribution in [0.5, 0.6) is 0 Å². The van der Waals surface area contributed by atoms with Crippen LogP contribution in [0.3, 0.4) is 0 Å². The minimum atomic E-state index is -0.351. The Morgan fingerprint density at radius 2 is 1.22 bits per heavy atom. The van der Waals surface area contributed by atoms with Gasteiger partial charge in [-0.05, 0) is 91.8 Å². The Balaban J connectivity index is 0.000000528. The van der Waals surface area contributed by atoms with Crippen molar-refractivity contribution in [3.05, 3.63) is 27.8 Å². The Morgan fingerprint density at radius 1 is 0.852 bits per heavy atom. The van der Waals surface area contributed by atoms with Gasteiger partial charge in [-0.1, -0.05) is 13.8 Å². The molecule has 1 aliphatic heterocycles. The largest absolute Gasteiger partial charge is 0.466 e. The first kappa shape index (κ1) is 26.0. The number of esters is 1. The summed E-state index contributed by atoms with van der Waals surface area (Å²) in [6.45, 7) is 23.3. The van der Waals surface area contributed by atoms with Gasteiger partial charge in [-0.25, -0.2) is 0 Å². The van der Waals surface area contributed by atoms with E-state index in [4.69, 9.17) is 4.74 Å². The molecule has 0 N–H and O–H groups in total. The van der Waals surface area contributed by atoms with Gasteiger partial charge in [0.15, 0.2) is 4.90 Å². The summed E-state index contributed by atoms with van der Waals surface area (Å²) in [7, 11) is 0.557. The maximum atomic E-state index is 10.8.